The van der Waals surface area contributed by atoms with E-state index in [0.717, 1.165) is 5.56 Å². The van der Waals surface area contributed by atoms with Crippen LogP contribution in [0.1, 0.15) is 24.1 Å². The van der Waals surface area contributed by atoms with Crippen molar-refractivity contribution in [2.45, 2.75) is 18.8 Å². The number of hydrogen-bond acceptors (Lipinski definition) is 3. The zero-order chi connectivity index (χ0) is 13.5. The van der Waals surface area contributed by atoms with Crippen molar-refractivity contribution in [1.82, 2.24) is 5.32 Å². The lowest BCUT2D eigenvalue weighted by Crippen LogP contribution is -2.34. The van der Waals surface area contributed by atoms with Gasteiger partial charge in [0.05, 0.1) is 6.61 Å². The van der Waals surface area contributed by atoms with E-state index in [9.17, 15) is 9.59 Å². The van der Waals surface area contributed by atoms with Gasteiger partial charge in [-0.2, -0.15) is 0 Å². The van der Waals surface area contributed by atoms with Gasteiger partial charge in [-0.25, -0.2) is 9.59 Å². The summed E-state index contributed by atoms with van der Waals surface area (Å²) in [6.07, 6.45) is -0.758. The molecule has 98 valence electrons. The number of rotatable bonds is 5. The molecular formula is C12H14ClNO4. The summed E-state index contributed by atoms with van der Waals surface area (Å²) in [6, 6.07) is 5.52. The van der Waals surface area contributed by atoms with E-state index in [0.29, 0.717) is 11.4 Å². The fraction of sp³-hybridized carbons (Fsp3) is 0.333. The molecule has 0 aliphatic rings. The lowest BCUT2D eigenvalue weighted by molar-refractivity contribution is -0.139. The Hall–Kier alpha value is -1.75. The molecule has 18 heavy (non-hydrogen) atoms. The van der Waals surface area contributed by atoms with Crippen LogP contribution in [0.5, 0.6) is 0 Å². The number of benzene rings is 1. The van der Waals surface area contributed by atoms with Gasteiger partial charge in [0.2, 0.25) is 0 Å². The molecule has 0 unspecified atom stereocenters. The topological polar surface area (TPSA) is 75.6 Å². The van der Waals surface area contributed by atoms with Gasteiger partial charge in [-0.1, -0.05) is 24.3 Å². The Kier molecular flexibility index (Phi) is 5.45. The SMILES string of the molecule is CCOC(=O)N[C@@H](C(=O)O)c1ccc(CCl)cc1. The number of aliphatic carboxylic acids is 1. The van der Waals surface area contributed by atoms with Crippen LogP contribution in [-0.4, -0.2) is 23.8 Å². The van der Waals surface area contributed by atoms with Gasteiger partial charge in [0.25, 0.3) is 0 Å². The Morgan fingerprint density at radius 1 is 1.39 bits per heavy atom. The number of amides is 1. The van der Waals surface area contributed by atoms with Gasteiger partial charge in [-0.05, 0) is 18.1 Å². The fourth-order valence-electron chi connectivity index (χ4n) is 1.38. The van der Waals surface area contributed by atoms with Crippen LogP contribution >= 0.6 is 11.6 Å². The Balaban J connectivity index is 2.83. The number of ether oxygens (including phenoxy) is 1. The van der Waals surface area contributed by atoms with Crippen LogP contribution in [0.3, 0.4) is 0 Å². The normalized spacial score (nSPS) is 11.7. The average Bonchev–Trinajstić information content (AvgIpc) is 2.36. The van der Waals surface area contributed by atoms with Crippen LogP contribution in [0.2, 0.25) is 0 Å². The number of alkyl halides is 1. The molecule has 6 heteroatoms. The number of carbonyl (C=O) groups excluding carboxylic acids is 1. The van der Waals surface area contributed by atoms with Gasteiger partial charge < -0.3 is 15.2 Å². The van der Waals surface area contributed by atoms with Crippen LogP contribution < -0.4 is 5.32 Å². The smallest absolute Gasteiger partial charge is 0.408 e. The summed E-state index contributed by atoms with van der Waals surface area (Å²) in [4.78, 5) is 22.3. The minimum Gasteiger partial charge on any atom is -0.479 e. The largest absolute Gasteiger partial charge is 0.479 e. The predicted octanol–water partition coefficient (Wildman–Crippen LogP) is 2.30. The fourth-order valence-corrected chi connectivity index (χ4v) is 1.56. The third kappa shape index (κ3) is 3.92. The Labute approximate surface area is 110 Å². The molecule has 1 rings (SSSR count). The van der Waals surface area contributed by atoms with Gasteiger partial charge in [0, 0.05) is 5.88 Å². The van der Waals surface area contributed by atoms with Gasteiger partial charge in [0.15, 0.2) is 6.04 Å². The van der Waals surface area contributed by atoms with E-state index >= 15 is 0 Å². The first-order chi connectivity index (χ1) is 8.58. The molecular weight excluding hydrogens is 258 g/mol. The second-order valence-electron chi connectivity index (χ2n) is 3.51. The van der Waals surface area contributed by atoms with E-state index in [1.165, 1.54) is 0 Å². The van der Waals surface area contributed by atoms with E-state index < -0.39 is 18.1 Å². The monoisotopic (exact) mass is 271 g/mol. The van der Waals surface area contributed by atoms with Gasteiger partial charge in [-0.3, -0.25) is 0 Å². The highest BCUT2D eigenvalue weighted by atomic mass is 35.5. The summed E-state index contributed by atoms with van der Waals surface area (Å²) in [5, 5.41) is 11.4. The molecule has 0 saturated heterocycles. The van der Waals surface area contributed by atoms with E-state index in [4.69, 9.17) is 16.7 Å². The maximum atomic E-state index is 11.2. The molecule has 0 spiro atoms. The zero-order valence-corrected chi connectivity index (χ0v) is 10.6. The maximum absolute atomic E-state index is 11.2. The van der Waals surface area contributed by atoms with Crippen LogP contribution in [-0.2, 0) is 15.4 Å². The van der Waals surface area contributed by atoms with Crippen molar-refractivity contribution in [2.75, 3.05) is 6.61 Å². The van der Waals surface area contributed by atoms with Crippen molar-refractivity contribution >= 4 is 23.7 Å². The van der Waals surface area contributed by atoms with Crippen LogP contribution in [0.25, 0.3) is 0 Å². The maximum Gasteiger partial charge on any atom is 0.408 e. The van der Waals surface area contributed by atoms with E-state index in [-0.39, 0.29) is 6.61 Å². The van der Waals surface area contributed by atoms with Crippen LogP contribution in [0.15, 0.2) is 24.3 Å². The van der Waals surface area contributed by atoms with Crippen LogP contribution in [0, 0.1) is 0 Å². The van der Waals surface area contributed by atoms with E-state index in [2.05, 4.69) is 10.1 Å². The molecule has 0 radical (unpaired) electrons. The highest BCUT2D eigenvalue weighted by Crippen LogP contribution is 2.15. The minimum absolute atomic E-state index is 0.184. The standard InChI is InChI=1S/C12H14ClNO4/c1-2-18-12(17)14-10(11(15)16)9-5-3-8(7-13)4-6-9/h3-6,10H,2,7H2,1H3,(H,14,17)(H,15,16)/t10-/m1/s1. The van der Waals surface area contributed by atoms with Gasteiger partial charge >= 0.3 is 12.1 Å². The molecule has 0 aromatic heterocycles. The quantitative estimate of drug-likeness (QED) is 0.806. The Bertz CT molecular complexity index is 419. The molecule has 2 N–H and O–H groups in total. The number of alkyl carbamates (subject to hydrolysis) is 1. The molecule has 0 saturated carbocycles. The molecule has 1 amide bonds. The second-order valence-corrected chi connectivity index (χ2v) is 3.78. The molecule has 0 aliphatic heterocycles. The average molecular weight is 272 g/mol. The lowest BCUT2D eigenvalue weighted by Gasteiger charge is -2.14. The molecule has 1 aromatic carbocycles. The highest BCUT2D eigenvalue weighted by Gasteiger charge is 2.22. The number of carboxylic acid groups (broad SMARTS) is 1. The number of hydrogen-bond donors (Lipinski definition) is 2. The first-order valence-electron chi connectivity index (χ1n) is 5.39. The third-order valence-corrected chi connectivity index (χ3v) is 2.56. The van der Waals surface area contributed by atoms with Crippen molar-refractivity contribution in [2.24, 2.45) is 0 Å². The Morgan fingerprint density at radius 3 is 2.44 bits per heavy atom. The molecule has 0 aliphatic carbocycles. The number of carbonyl (C=O) groups is 2. The summed E-state index contributed by atoms with van der Waals surface area (Å²) >= 11 is 5.64. The van der Waals surface area contributed by atoms with E-state index in [1.807, 2.05) is 0 Å². The van der Waals surface area contributed by atoms with Crippen molar-refractivity contribution < 1.29 is 19.4 Å². The molecule has 0 heterocycles. The zero-order valence-electron chi connectivity index (χ0n) is 9.85. The molecule has 5 nitrogen and oxygen atoms in total. The van der Waals surface area contributed by atoms with Crippen molar-refractivity contribution in [1.29, 1.82) is 0 Å². The summed E-state index contributed by atoms with van der Waals surface area (Å²) < 4.78 is 4.65. The molecule has 0 bridgehead atoms. The summed E-state index contributed by atoms with van der Waals surface area (Å²) in [5.41, 5.74) is 1.34. The highest BCUT2D eigenvalue weighted by molar-refractivity contribution is 6.17. The van der Waals surface area contributed by atoms with Crippen molar-refractivity contribution in [3.63, 3.8) is 0 Å². The van der Waals surface area contributed by atoms with Gasteiger partial charge in [0.1, 0.15) is 0 Å². The van der Waals surface area contributed by atoms with Gasteiger partial charge in [-0.15, -0.1) is 11.6 Å². The number of halogens is 1. The summed E-state index contributed by atoms with van der Waals surface area (Å²) in [7, 11) is 0. The minimum atomic E-state index is -1.15. The summed E-state index contributed by atoms with van der Waals surface area (Å²) in [5.74, 6) is -0.801. The molecule has 1 aromatic rings. The lowest BCUT2D eigenvalue weighted by atomic mass is 10.1. The van der Waals surface area contributed by atoms with Crippen LogP contribution in [0.4, 0.5) is 4.79 Å². The molecule has 1 atom stereocenters. The van der Waals surface area contributed by atoms with Crippen molar-refractivity contribution in [3.05, 3.63) is 35.4 Å². The van der Waals surface area contributed by atoms with E-state index in [1.54, 1.807) is 31.2 Å². The number of nitrogens with one attached hydrogen (secondary N) is 1. The molecule has 0 fully saturated rings. The first-order valence-corrected chi connectivity index (χ1v) is 5.92. The first kappa shape index (κ1) is 14.3. The Morgan fingerprint density at radius 2 is 2.00 bits per heavy atom. The van der Waals surface area contributed by atoms with Crippen molar-refractivity contribution in [3.8, 4) is 0 Å². The predicted molar refractivity (Wildman–Crippen MR) is 66.5 cm³/mol. The third-order valence-electron chi connectivity index (χ3n) is 2.25. The summed E-state index contributed by atoms with van der Waals surface area (Å²) in [6.45, 7) is 1.83. The second kappa shape index (κ2) is 6.86. The number of carboxylic acids is 1.